The fourth-order valence-corrected chi connectivity index (χ4v) is 2.32. The van der Waals surface area contributed by atoms with Gasteiger partial charge in [0.2, 0.25) is 0 Å². The number of carbonyl (C=O) groups is 1. The van der Waals surface area contributed by atoms with Crippen LogP contribution in [-0.2, 0) is 9.53 Å². The molecule has 0 bridgehead atoms. The average Bonchev–Trinajstić information content (AvgIpc) is 2.29. The molecule has 0 saturated carbocycles. The van der Waals surface area contributed by atoms with Gasteiger partial charge in [-0.1, -0.05) is 19.3 Å². The second-order valence-electron chi connectivity index (χ2n) is 4.46. The topological polar surface area (TPSA) is 49.8 Å². The van der Waals surface area contributed by atoms with E-state index in [-0.39, 0.29) is 18.7 Å². The average molecular weight is 239 g/mol. The number of hydrogen-bond donors (Lipinski definition) is 1. The van der Waals surface area contributed by atoms with Crippen molar-refractivity contribution >= 4 is 5.97 Å². The third-order valence-corrected chi connectivity index (χ3v) is 3.10. The minimum absolute atomic E-state index is 0.0215. The summed E-state index contributed by atoms with van der Waals surface area (Å²) in [5.41, 5.74) is 0. The van der Waals surface area contributed by atoms with Crippen LogP contribution >= 0.6 is 0 Å². The standard InChI is InChI=1S/C13H21NO3/c1-3-5-12-9-11(6-8-17-12)14(7-4-2)10-13(15)16/h2,11-12H,3,5-10H2,1H3,(H,15,16). The van der Waals surface area contributed by atoms with E-state index in [9.17, 15) is 4.79 Å². The van der Waals surface area contributed by atoms with Crippen LogP contribution in [-0.4, -0.2) is 47.8 Å². The minimum atomic E-state index is -0.821. The normalized spacial score (nSPS) is 24.5. The van der Waals surface area contributed by atoms with Crippen molar-refractivity contribution in [2.45, 2.75) is 44.8 Å². The molecule has 0 spiro atoms. The van der Waals surface area contributed by atoms with Crippen molar-refractivity contribution in [2.75, 3.05) is 19.7 Å². The zero-order valence-electron chi connectivity index (χ0n) is 10.4. The van der Waals surface area contributed by atoms with Gasteiger partial charge in [0.25, 0.3) is 0 Å². The Morgan fingerprint density at radius 1 is 1.65 bits per heavy atom. The Hall–Kier alpha value is -1.05. The van der Waals surface area contributed by atoms with Gasteiger partial charge in [-0.25, -0.2) is 0 Å². The molecule has 1 N–H and O–H groups in total. The monoisotopic (exact) mass is 239 g/mol. The molecular formula is C13H21NO3. The van der Waals surface area contributed by atoms with Crippen LogP contribution in [0.5, 0.6) is 0 Å². The molecular weight excluding hydrogens is 218 g/mol. The maximum atomic E-state index is 10.8. The molecule has 0 aromatic carbocycles. The molecule has 96 valence electrons. The number of ether oxygens (including phenoxy) is 1. The number of rotatable bonds is 6. The van der Waals surface area contributed by atoms with Crippen molar-refractivity contribution in [2.24, 2.45) is 0 Å². The lowest BCUT2D eigenvalue weighted by atomic mass is 9.98. The van der Waals surface area contributed by atoms with Crippen molar-refractivity contribution in [3.8, 4) is 12.3 Å². The number of terminal acetylenes is 1. The van der Waals surface area contributed by atoms with Gasteiger partial charge in [0.15, 0.2) is 0 Å². The molecule has 1 aliphatic rings. The van der Waals surface area contributed by atoms with Gasteiger partial charge in [0, 0.05) is 12.6 Å². The summed E-state index contributed by atoms with van der Waals surface area (Å²) in [6.07, 6.45) is 9.43. The summed E-state index contributed by atoms with van der Waals surface area (Å²) in [6.45, 7) is 3.25. The second kappa shape index (κ2) is 7.31. The molecule has 1 heterocycles. The van der Waals surface area contributed by atoms with Crippen molar-refractivity contribution in [1.29, 1.82) is 0 Å². The molecule has 0 amide bonds. The molecule has 0 aromatic rings. The van der Waals surface area contributed by atoms with Gasteiger partial charge in [0.1, 0.15) is 0 Å². The zero-order chi connectivity index (χ0) is 12.7. The van der Waals surface area contributed by atoms with Crippen LogP contribution in [0.2, 0.25) is 0 Å². The van der Waals surface area contributed by atoms with Gasteiger partial charge in [-0.05, 0) is 19.3 Å². The summed E-state index contributed by atoms with van der Waals surface area (Å²) in [7, 11) is 0. The largest absolute Gasteiger partial charge is 0.480 e. The molecule has 0 aliphatic carbocycles. The van der Waals surface area contributed by atoms with Crippen molar-refractivity contribution < 1.29 is 14.6 Å². The highest BCUT2D eigenvalue weighted by Crippen LogP contribution is 2.21. The lowest BCUT2D eigenvalue weighted by Gasteiger charge is -2.35. The Kier molecular flexibility index (Phi) is 6.03. The first-order chi connectivity index (χ1) is 8.17. The number of carboxylic acid groups (broad SMARTS) is 1. The van der Waals surface area contributed by atoms with Crippen LogP contribution in [0.25, 0.3) is 0 Å². The van der Waals surface area contributed by atoms with Gasteiger partial charge in [-0.2, -0.15) is 0 Å². The van der Waals surface area contributed by atoms with E-state index in [4.69, 9.17) is 16.3 Å². The highest BCUT2D eigenvalue weighted by Gasteiger charge is 2.27. The number of carboxylic acids is 1. The number of nitrogens with zero attached hydrogens (tertiary/aromatic N) is 1. The highest BCUT2D eigenvalue weighted by atomic mass is 16.5. The Balaban J connectivity index is 2.54. The van der Waals surface area contributed by atoms with Crippen LogP contribution in [0.3, 0.4) is 0 Å². The summed E-state index contributed by atoms with van der Waals surface area (Å²) in [4.78, 5) is 12.7. The van der Waals surface area contributed by atoms with E-state index in [1.165, 1.54) is 0 Å². The third kappa shape index (κ3) is 4.76. The molecule has 2 atom stereocenters. The molecule has 4 nitrogen and oxygen atoms in total. The fourth-order valence-electron chi connectivity index (χ4n) is 2.32. The summed E-state index contributed by atoms with van der Waals surface area (Å²) in [5, 5.41) is 8.87. The van der Waals surface area contributed by atoms with Crippen molar-refractivity contribution in [1.82, 2.24) is 4.90 Å². The first-order valence-electron chi connectivity index (χ1n) is 6.18. The minimum Gasteiger partial charge on any atom is -0.480 e. The Morgan fingerprint density at radius 3 is 3.00 bits per heavy atom. The van der Waals surface area contributed by atoms with Crippen molar-refractivity contribution in [3.05, 3.63) is 0 Å². The van der Waals surface area contributed by atoms with Crippen LogP contribution in [0.4, 0.5) is 0 Å². The SMILES string of the molecule is C#CCN(CC(=O)O)C1CCOC(CCC)C1. The highest BCUT2D eigenvalue weighted by molar-refractivity contribution is 5.69. The Morgan fingerprint density at radius 2 is 2.41 bits per heavy atom. The quantitative estimate of drug-likeness (QED) is 0.711. The molecule has 4 heteroatoms. The first-order valence-corrected chi connectivity index (χ1v) is 6.18. The van der Waals surface area contributed by atoms with Gasteiger partial charge < -0.3 is 9.84 Å². The maximum Gasteiger partial charge on any atom is 0.317 e. The van der Waals surface area contributed by atoms with Crippen molar-refractivity contribution in [3.63, 3.8) is 0 Å². The first kappa shape index (κ1) is 14.0. The Bertz CT molecular complexity index is 283. The smallest absolute Gasteiger partial charge is 0.317 e. The third-order valence-electron chi connectivity index (χ3n) is 3.10. The van der Waals surface area contributed by atoms with E-state index < -0.39 is 5.97 Å². The van der Waals surface area contributed by atoms with E-state index in [0.29, 0.717) is 13.2 Å². The number of aliphatic carboxylic acids is 1. The predicted octanol–water partition coefficient (Wildman–Crippen LogP) is 1.35. The molecule has 0 aromatic heterocycles. The molecule has 0 radical (unpaired) electrons. The molecule has 1 rings (SSSR count). The molecule has 2 unspecified atom stereocenters. The predicted molar refractivity (Wildman–Crippen MR) is 65.7 cm³/mol. The van der Waals surface area contributed by atoms with Gasteiger partial charge in [-0.3, -0.25) is 9.69 Å². The summed E-state index contributed by atoms with van der Waals surface area (Å²) < 4.78 is 5.66. The number of hydrogen-bond acceptors (Lipinski definition) is 3. The zero-order valence-corrected chi connectivity index (χ0v) is 10.4. The summed E-state index contributed by atoms with van der Waals surface area (Å²) >= 11 is 0. The van der Waals surface area contributed by atoms with E-state index in [1.54, 1.807) is 0 Å². The van der Waals surface area contributed by atoms with Crippen LogP contribution < -0.4 is 0 Å². The van der Waals surface area contributed by atoms with Gasteiger partial charge in [-0.15, -0.1) is 6.42 Å². The fraction of sp³-hybridized carbons (Fsp3) is 0.769. The Labute approximate surface area is 103 Å². The lowest BCUT2D eigenvalue weighted by Crippen LogP contribution is -2.44. The summed E-state index contributed by atoms with van der Waals surface area (Å²) in [6, 6.07) is 0.243. The van der Waals surface area contributed by atoms with Crippen LogP contribution in [0.1, 0.15) is 32.6 Å². The van der Waals surface area contributed by atoms with E-state index in [0.717, 1.165) is 25.7 Å². The summed E-state index contributed by atoms with van der Waals surface area (Å²) in [5.74, 6) is 1.72. The van der Waals surface area contributed by atoms with Crippen LogP contribution in [0, 0.1) is 12.3 Å². The van der Waals surface area contributed by atoms with E-state index >= 15 is 0 Å². The maximum absolute atomic E-state index is 10.8. The van der Waals surface area contributed by atoms with Crippen LogP contribution in [0.15, 0.2) is 0 Å². The molecule has 17 heavy (non-hydrogen) atoms. The van der Waals surface area contributed by atoms with E-state index in [1.807, 2.05) is 4.90 Å². The second-order valence-corrected chi connectivity index (χ2v) is 4.46. The lowest BCUT2D eigenvalue weighted by molar-refractivity contribution is -0.139. The molecule has 1 aliphatic heterocycles. The van der Waals surface area contributed by atoms with Gasteiger partial charge >= 0.3 is 5.97 Å². The molecule has 1 saturated heterocycles. The van der Waals surface area contributed by atoms with E-state index in [2.05, 4.69) is 12.8 Å². The molecule has 1 fully saturated rings. The van der Waals surface area contributed by atoms with Gasteiger partial charge in [0.05, 0.1) is 19.2 Å².